The second kappa shape index (κ2) is 7.29. The van der Waals surface area contributed by atoms with E-state index in [2.05, 4.69) is 16.9 Å². The van der Waals surface area contributed by atoms with Crippen molar-refractivity contribution in [1.82, 2.24) is 9.97 Å². The molecule has 0 atom stereocenters. The van der Waals surface area contributed by atoms with Crippen LogP contribution in [-0.2, 0) is 11.9 Å². The Bertz CT molecular complexity index is 890. The van der Waals surface area contributed by atoms with Crippen LogP contribution in [0.25, 0.3) is 17.0 Å². The van der Waals surface area contributed by atoms with Crippen molar-refractivity contribution in [3.05, 3.63) is 53.3 Å². The predicted octanol–water partition coefficient (Wildman–Crippen LogP) is 5.07. The molecule has 0 aliphatic rings. The summed E-state index contributed by atoms with van der Waals surface area (Å²) in [4.78, 5) is 7.48. The maximum Gasteiger partial charge on any atom is 0.416 e. The maximum absolute atomic E-state index is 12.9. The van der Waals surface area contributed by atoms with Crippen LogP contribution in [0.15, 0.2) is 36.5 Å². The summed E-state index contributed by atoms with van der Waals surface area (Å²) >= 11 is 0. The van der Waals surface area contributed by atoms with Crippen molar-refractivity contribution < 1.29 is 17.7 Å². The van der Waals surface area contributed by atoms with Crippen LogP contribution in [0.3, 0.4) is 0 Å². The minimum absolute atomic E-state index is 0.375. The van der Waals surface area contributed by atoms with Crippen molar-refractivity contribution in [3.63, 3.8) is 0 Å². The molecule has 132 valence electrons. The molecule has 0 saturated heterocycles. The van der Waals surface area contributed by atoms with Crippen molar-refractivity contribution in [2.45, 2.75) is 25.8 Å². The molecule has 0 aliphatic heterocycles. The first-order chi connectivity index (χ1) is 11.9. The minimum Gasteiger partial charge on any atom is -0.238 e. The summed E-state index contributed by atoms with van der Waals surface area (Å²) in [5.74, 6) is 2.33. The molecule has 1 aromatic carbocycles. The number of H-pyrrole nitrogens is 1. The van der Waals surface area contributed by atoms with Gasteiger partial charge in [0.1, 0.15) is 5.52 Å². The van der Waals surface area contributed by atoms with Crippen molar-refractivity contribution in [2.75, 3.05) is 5.75 Å². The summed E-state index contributed by atoms with van der Waals surface area (Å²) in [6, 6.07) is 7.49. The van der Waals surface area contributed by atoms with E-state index < -0.39 is 11.7 Å². The molecular formula is C17H17F3N3S2+. The average molecular weight is 384 g/mol. The molecule has 0 unspecified atom stereocenters. The maximum atomic E-state index is 12.9. The quantitative estimate of drug-likeness (QED) is 0.379. The van der Waals surface area contributed by atoms with Crippen LogP contribution < -0.4 is 4.57 Å². The Kier molecular flexibility index (Phi) is 5.29. The fraction of sp³-hybridized carbons (Fsp3) is 0.294. The summed E-state index contributed by atoms with van der Waals surface area (Å²) in [5, 5.41) is 0. The zero-order chi connectivity index (χ0) is 18.0. The van der Waals surface area contributed by atoms with E-state index in [-0.39, 0.29) is 0 Å². The Hall–Kier alpha value is -1.67. The Labute approximate surface area is 151 Å². The third-order valence-corrected chi connectivity index (χ3v) is 6.10. The number of alkyl halides is 3. The summed E-state index contributed by atoms with van der Waals surface area (Å²) in [6.45, 7) is 4.12. The molecule has 0 spiro atoms. The number of hydrogen-bond acceptors (Lipinski definition) is 3. The lowest BCUT2D eigenvalue weighted by Gasteiger charge is -2.07. The molecule has 0 aliphatic carbocycles. The van der Waals surface area contributed by atoms with Gasteiger partial charge in [0.15, 0.2) is 5.52 Å². The van der Waals surface area contributed by atoms with Crippen LogP contribution in [0.2, 0.25) is 0 Å². The van der Waals surface area contributed by atoms with Crippen LogP contribution in [0.4, 0.5) is 13.2 Å². The monoisotopic (exact) mass is 384 g/mol. The Morgan fingerprint density at radius 2 is 2.00 bits per heavy atom. The van der Waals surface area contributed by atoms with E-state index in [1.54, 1.807) is 21.6 Å². The van der Waals surface area contributed by atoms with Crippen LogP contribution in [0, 0.1) is 6.92 Å². The normalized spacial score (nSPS) is 12.0. The second-order valence-electron chi connectivity index (χ2n) is 5.47. The zero-order valence-corrected chi connectivity index (χ0v) is 15.4. The number of nitrogens with zero attached hydrogens (tertiary/aromatic N) is 2. The molecule has 8 heteroatoms. The Balaban J connectivity index is 2.03. The highest BCUT2D eigenvalue weighted by molar-refractivity contribution is 8.76. The lowest BCUT2D eigenvalue weighted by Crippen LogP contribution is -2.37. The number of aryl methyl sites for hydroxylation is 1. The van der Waals surface area contributed by atoms with E-state index in [1.807, 2.05) is 29.8 Å². The van der Waals surface area contributed by atoms with Crippen molar-refractivity contribution >= 4 is 32.6 Å². The van der Waals surface area contributed by atoms with E-state index >= 15 is 0 Å². The first-order valence-corrected chi connectivity index (χ1v) is 10.2. The van der Waals surface area contributed by atoms with Crippen molar-refractivity contribution in [3.8, 4) is 5.95 Å². The number of imidazole rings is 1. The lowest BCUT2D eigenvalue weighted by molar-refractivity contribution is -0.610. The fourth-order valence-electron chi connectivity index (χ4n) is 2.50. The summed E-state index contributed by atoms with van der Waals surface area (Å²) in [5.41, 5.74) is 2.39. The first kappa shape index (κ1) is 18.1. The second-order valence-corrected chi connectivity index (χ2v) is 8.22. The molecule has 0 fully saturated rings. The number of aromatic amines is 1. The number of halogens is 3. The minimum atomic E-state index is -4.37. The van der Waals surface area contributed by atoms with Gasteiger partial charge in [-0.1, -0.05) is 39.6 Å². The van der Waals surface area contributed by atoms with Gasteiger partial charge in [0.2, 0.25) is 0 Å². The zero-order valence-electron chi connectivity index (χ0n) is 13.7. The molecule has 0 bridgehead atoms. The van der Waals surface area contributed by atoms with Crippen LogP contribution in [0.5, 0.6) is 0 Å². The van der Waals surface area contributed by atoms with Gasteiger partial charge in [0.05, 0.1) is 23.2 Å². The topological polar surface area (TPSA) is 32.6 Å². The molecule has 0 radical (unpaired) electrons. The standard InChI is InChI=1S/C17H17F3N3S2/c1-3-24-25-10-15-11(2)5-4-8-23(15)16-21-13-7-6-12(17(18,19)20)9-14(13)22-16/h4-9H,3,10H2,1-2H3,(H,21,22)/q+1. The average Bonchev–Trinajstić information content (AvgIpc) is 2.98. The number of rotatable bonds is 5. The highest BCUT2D eigenvalue weighted by Gasteiger charge is 2.31. The highest BCUT2D eigenvalue weighted by Crippen LogP contribution is 2.31. The van der Waals surface area contributed by atoms with Crippen molar-refractivity contribution in [1.29, 1.82) is 0 Å². The van der Waals surface area contributed by atoms with Crippen LogP contribution in [-0.4, -0.2) is 15.7 Å². The molecule has 3 nitrogen and oxygen atoms in total. The number of fused-ring (bicyclic) bond motifs is 1. The fourth-order valence-corrected chi connectivity index (χ4v) is 4.31. The molecule has 3 rings (SSSR count). The van der Waals surface area contributed by atoms with Gasteiger partial charge in [-0.15, -0.1) is 0 Å². The van der Waals surface area contributed by atoms with Gasteiger partial charge in [-0.2, -0.15) is 13.2 Å². The predicted molar refractivity (Wildman–Crippen MR) is 96.8 cm³/mol. The summed E-state index contributed by atoms with van der Waals surface area (Å²) in [6.07, 6.45) is -2.49. The molecule has 2 heterocycles. The highest BCUT2D eigenvalue weighted by atomic mass is 33.1. The summed E-state index contributed by atoms with van der Waals surface area (Å²) in [7, 11) is 3.52. The molecule has 0 saturated carbocycles. The van der Waals surface area contributed by atoms with E-state index in [1.165, 1.54) is 6.07 Å². The van der Waals surface area contributed by atoms with E-state index in [9.17, 15) is 13.2 Å². The molecule has 0 amide bonds. The first-order valence-electron chi connectivity index (χ1n) is 7.72. The molecule has 25 heavy (non-hydrogen) atoms. The molecular weight excluding hydrogens is 367 g/mol. The van der Waals surface area contributed by atoms with E-state index in [0.717, 1.165) is 34.9 Å². The lowest BCUT2D eigenvalue weighted by atomic mass is 10.2. The smallest absolute Gasteiger partial charge is 0.238 e. The SMILES string of the molecule is CCSSCc1c(C)ccc[n+]1-c1nc2ccc(C(F)(F)F)cc2[nH]1. The van der Waals surface area contributed by atoms with E-state index in [4.69, 9.17) is 0 Å². The largest absolute Gasteiger partial charge is 0.416 e. The Morgan fingerprint density at radius 1 is 1.20 bits per heavy atom. The van der Waals surface area contributed by atoms with Crippen molar-refractivity contribution in [2.24, 2.45) is 0 Å². The third-order valence-electron chi connectivity index (χ3n) is 3.75. The third kappa shape index (κ3) is 3.95. The van der Waals surface area contributed by atoms with Gasteiger partial charge < -0.3 is 0 Å². The molecule has 3 aromatic rings. The van der Waals surface area contributed by atoms with Gasteiger partial charge in [-0.05, 0) is 36.8 Å². The van der Waals surface area contributed by atoms with Gasteiger partial charge in [0.25, 0.3) is 0 Å². The van der Waals surface area contributed by atoms with Gasteiger partial charge in [-0.3, -0.25) is 0 Å². The van der Waals surface area contributed by atoms with Crippen LogP contribution >= 0.6 is 21.6 Å². The number of hydrogen-bond donors (Lipinski definition) is 1. The number of nitrogens with one attached hydrogen (secondary N) is 1. The van der Waals surface area contributed by atoms with Crippen LogP contribution in [0.1, 0.15) is 23.7 Å². The molecule has 1 N–H and O–H groups in total. The van der Waals surface area contributed by atoms with Gasteiger partial charge >= 0.3 is 12.1 Å². The molecule has 2 aromatic heterocycles. The van der Waals surface area contributed by atoms with E-state index in [0.29, 0.717) is 17.0 Å². The number of aromatic nitrogens is 3. The van der Waals surface area contributed by atoms with Gasteiger partial charge in [0, 0.05) is 5.75 Å². The number of benzene rings is 1. The Morgan fingerprint density at radius 3 is 2.72 bits per heavy atom. The number of pyridine rings is 1. The van der Waals surface area contributed by atoms with Gasteiger partial charge in [-0.25, -0.2) is 9.55 Å². The summed E-state index contributed by atoms with van der Waals surface area (Å²) < 4.78 is 40.6.